The summed E-state index contributed by atoms with van der Waals surface area (Å²) >= 11 is 1.81. The van der Waals surface area contributed by atoms with E-state index in [1.54, 1.807) is 11.3 Å². The number of benzene rings is 1. The minimum absolute atomic E-state index is 0.0683. The Labute approximate surface area is 112 Å². The van der Waals surface area contributed by atoms with Gasteiger partial charge in [-0.15, -0.1) is 11.3 Å². The molecule has 0 spiro atoms. The zero-order chi connectivity index (χ0) is 12.5. The molecule has 18 heavy (non-hydrogen) atoms. The molecule has 1 heterocycles. The minimum atomic E-state index is -0.0683. The van der Waals surface area contributed by atoms with E-state index in [1.165, 1.54) is 35.4 Å². The summed E-state index contributed by atoms with van der Waals surface area (Å²) in [6.45, 7) is 2.09. The summed E-state index contributed by atoms with van der Waals surface area (Å²) in [6.07, 6.45) is 4.89. The maximum Gasteiger partial charge on any atom is 0.114 e. The van der Waals surface area contributed by atoms with Crippen molar-refractivity contribution in [1.29, 1.82) is 0 Å². The third-order valence-electron chi connectivity index (χ3n) is 3.56. The molecule has 3 rings (SSSR count). The van der Waals surface area contributed by atoms with Crippen LogP contribution in [0.1, 0.15) is 45.6 Å². The molecular weight excluding hydrogens is 240 g/mol. The van der Waals surface area contributed by atoms with Gasteiger partial charge in [0.25, 0.3) is 0 Å². The van der Waals surface area contributed by atoms with Crippen LogP contribution in [0.2, 0.25) is 0 Å². The van der Waals surface area contributed by atoms with Crippen molar-refractivity contribution in [3.05, 3.63) is 51.0 Å². The molecule has 3 heteroatoms. The first-order valence-electron chi connectivity index (χ1n) is 6.54. The maximum atomic E-state index is 6.33. The summed E-state index contributed by atoms with van der Waals surface area (Å²) in [5, 5.41) is 1.07. The van der Waals surface area contributed by atoms with Gasteiger partial charge in [-0.1, -0.05) is 29.8 Å². The van der Waals surface area contributed by atoms with E-state index in [2.05, 4.69) is 31.2 Å². The summed E-state index contributed by atoms with van der Waals surface area (Å²) in [5.41, 5.74) is 10.0. The zero-order valence-electron chi connectivity index (χ0n) is 10.6. The van der Waals surface area contributed by atoms with E-state index in [-0.39, 0.29) is 6.04 Å². The standard InChI is InChI=1S/C15H18N2S/c1-10-6-8-11(9-7-10)14(16)15-17-12-4-2-3-5-13(12)18-15/h6-9,14H,2-5,16H2,1H3. The van der Waals surface area contributed by atoms with Gasteiger partial charge in [0.1, 0.15) is 5.01 Å². The average molecular weight is 258 g/mol. The number of fused-ring (bicyclic) bond motifs is 1. The van der Waals surface area contributed by atoms with E-state index in [0.717, 1.165) is 17.0 Å². The second-order valence-electron chi connectivity index (χ2n) is 5.02. The Bertz CT molecular complexity index is 519. The predicted molar refractivity (Wildman–Crippen MR) is 76.0 cm³/mol. The number of rotatable bonds is 2. The van der Waals surface area contributed by atoms with Crippen molar-refractivity contribution in [2.45, 2.75) is 38.6 Å². The van der Waals surface area contributed by atoms with E-state index >= 15 is 0 Å². The lowest BCUT2D eigenvalue weighted by molar-refractivity contribution is 0.678. The average Bonchev–Trinajstić information content (AvgIpc) is 2.82. The number of hydrogen-bond donors (Lipinski definition) is 1. The molecule has 0 saturated heterocycles. The van der Waals surface area contributed by atoms with Crippen molar-refractivity contribution in [3.8, 4) is 0 Å². The molecule has 1 aliphatic rings. The van der Waals surface area contributed by atoms with E-state index in [9.17, 15) is 0 Å². The number of aryl methyl sites for hydroxylation is 3. The maximum absolute atomic E-state index is 6.33. The molecular formula is C15H18N2S. The monoisotopic (exact) mass is 258 g/mol. The van der Waals surface area contributed by atoms with Crippen LogP contribution < -0.4 is 5.73 Å². The van der Waals surface area contributed by atoms with Gasteiger partial charge in [0.15, 0.2) is 0 Å². The fourth-order valence-corrected chi connectivity index (χ4v) is 3.60. The molecule has 0 radical (unpaired) electrons. The Hall–Kier alpha value is -1.19. The zero-order valence-corrected chi connectivity index (χ0v) is 11.5. The molecule has 1 aromatic carbocycles. The van der Waals surface area contributed by atoms with Gasteiger partial charge in [-0.3, -0.25) is 0 Å². The number of hydrogen-bond acceptors (Lipinski definition) is 3. The van der Waals surface area contributed by atoms with Crippen LogP contribution in [0.15, 0.2) is 24.3 Å². The molecule has 2 N–H and O–H groups in total. The molecule has 0 bridgehead atoms. The fourth-order valence-electron chi connectivity index (χ4n) is 2.42. The van der Waals surface area contributed by atoms with Gasteiger partial charge >= 0.3 is 0 Å². The molecule has 2 aromatic rings. The Morgan fingerprint density at radius 1 is 1.17 bits per heavy atom. The molecule has 1 aliphatic carbocycles. The molecule has 1 aromatic heterocycles. The molecule has 94 valence electrons. The molecule has 1 unspecified atom stereocenters. The first-order chi connectivity index (χ1) is 8.74. The largest absolute Gasteiger partial charge is 0.318 e. The van der Waals surface area contributed by atoms with Crippen LogP contribution in [0.4, 0.5) is 0 Å². The highest BCUT2D eigenvalue weighted by Gasteiger charge is 2.19. The lowest BCUT2D eigenvalue weighted by atomic mass is 10.0. The third kappa shape index (κ3) is 2.20. The molecule has 0 aliphatic heterocycles. The van der Waals surface area contributed by atoms with E-state index in [1.807, 2.05) is 0 Å². The number of nitrogens with two attached hydrogens (primary N) is 1. The van der Waals surface area contributed by atoms with Crippen LogP contribution in [-0.2, 0) is 12.8 Å². The van der Waals surface area contributed by atoms with Gasteiger partial charge in [-0.2, -0.15) is 0 Å². The highest BCUT2D eigenvalue weighted by molar-refractivity contribution is 7.11. The lowest BCUT2D eigenvalue weighted by Gasteiger charge is -2.08. The van der Waals surface area contributed by atoms with Crippen molar-refractivity contribution in [2.24, 2.45) is 5.73 Å². The SMILES string of the molecule is Cc1ccc(C(N)c2nc3c(s2)CCCC3)cc1. The smallest absolute Gasteiger partial charge is 0.114 e. The molecule has 2 nitrogen and oxygen atoms in total. The third-order valence-corrected chi connectivity index (χ3v) is 4.81. The summed E-state index contributed by atoms with van der Waals surface area (Å²) in [5.74, 6) is 0. The summed E-state index contributed by atoms with van der Waals surface area (Å²) in [4.78, 5) is 6.20. The highest BCUT2D eigenvalue weighted by Crippen LogP contribution is 2.31. The van der Waals surface area contributed by atoms with Crippen molar-refractivity contribution >= 4 is 11.3 Å². The highest BCUT2D eigenvalue weighted by atomic mass is 32.1. The lowest BCUT2D eigenvalue weighted by Crippen LogP contribution is -2.11. The van der Waals surface area contributed by atoms with Crippen molar-refractivity contribution in [3.63, 3.8) is 0 Å². The fraction of sp³-hybridized carbons (Fsp3) is 0.400. The first kappa shape index (κ1) is 11.9. The van der Waals surface area contributed by atoms with Crippen LogP contribution in [0.5, 0.6) is 0 Å². The van der Waals surface area contributed by atoms with E-state index < -0.39 is 0 Å². The normalized spacial score (nSPS) is 16.3. The quantitative estimate of drug-likeness (QED) is 0.897. The van der Waals surface area contributed by atoms with Crippen molar-refractivity contribution in [2.75, 3.05) is 0 Å². The van der Waals surface area contributed by atoms with Crippen LogP contribution in [0, 0.1) is 6.92 Å². The second-order valence-corrected chi connectivity index (χ2v) is 6.13. The van der Waals surface area contributed by atoms with E-state index in [4.69, 9.17) is 10.7 Å². The number of aromatic nitrogens is 1. The first-order valence-corrected chi connectivity index (χ1v) is 7.36. The molecule has 0 amide bonds. The van der Waals surface area contributed by atoms with Crippen molar-refractivity contribution < 1.29 is 0 Å². The summed E-state index contributed by atoms with van der Waals surface area (Å²) in [7, 11) is 0. The molecule has 0 saturated carbocycles. The summed E-state index contributed by atoms with van der Waals surface area (Å²) < 4.78 is 0. The van der Waals surface area contributed by atoms with Gasteiger partial charge in [-0.25, -0.2) is 4.98 Å². The van der Waals surface area contributed by atoms with Gasteiger partial charge in [0, 0.05) is 4.88 Å². The predicted octanol–water partition coefficient (Wildman–Crippen LogP) is 3.38. The Balaban J connectivity index is 1.89. The van der Waals surface area contributed by atoms with Gasteiger partial charge in [-0.05, 0) is 38.2 Å². The van der Waals surface area contributed by atoms with Gasteiger partial charge in [0.05, 0.1) is 11.7 Å². The number of thiazole rings is 1. The topological polar surface area (TPSA) is 38.9 Å². The van der Waals surface area contributed by atoms with Crippen LogP contribution in [0.25, 0.3) is 0 Å². The van der Waals surface area contributed by atoms with Crippen LogP contribution in [-0.4, -0.2) is 4.98 Å². The van der Waals surface area contributed by atoms with E-state index in [0.29, 0.717) is 0 Å². The van der Waals surface area contributed by atoms with Crippen LogP contribution >= 0.6 is 11.3 Å². The Kier molecular flexibility index (Phi) is 3.18. The molecule has 1 atom stereocenters. The second kappa shape index (κ2) is 4.82. The number of nitrogens with zero attached hydrogens (tertiary/aromatic N) is 1. The van der Waals surface area contributed by atoms with Crippen molar-refractivity contribution in [1.82, 2.24) is 4.98 Å². The minimum Gasteiger partial charge on any atom is -0.318 e. The Morgan fingerprint density at radius 3 is 2.61 bits per heavy atom. The van der Waals surface area contributed by atoms with Crippen LogP contribution in [0.3, 0.4) is 0 Å². The Morgan fingerprint density at radius 2 is 1.89 bits per heavy atom. The molecule has 0 fully saturated rings. The summed E-state index contributed by atoms with van der Waals surface area (Å²) in [6, 6.07) is 8.38. The van der Waals surface area contributed by atoms with Gasteiger partial charge in [0.2, 0.25) is 0 Å². The van der Waals surface area contributed by atoms with Gasteiger partial charge < -0.3 is 5.73 Å².